The van der Waals surface area contributed by atoms with Crippen LogP contribution in [0.4, 0.5) is 5.95 Å². The third-order valence-electron chi connectivity index (χ3n) is 5.34. The molecule has 0 unspecified atom stereocenters. The van der Waals surface area contributed by atoms with E-state index in [0.717, 1.165) is 5.56 Å². The van der Waals surface area contributed by atoms with E-state index < -0.39 is 11.2 Å². The summed E-state index contributed by atoms with van der Waals surface area (Å²) in [4.78, 5) is 47.2. The molecule has 3 aromatic rings. The van der Waals surface area contributed by atoms with Crippen molar-refractivity contribution in [1.29, 1.82) is 0 Å². The number of hydrogen-bond acceptors (Lipinski definition) is 5. The van der Waals surface area contributed by atoms with Gasteiger partial charge in [0, 0.05) is 50.2 Å². The lowest BCUT2D eigenvalue weighted by atomic mass is 10.2. The van der Waals surface area contributed by atoms with Crippen LogP contribution in [0.15, 0.2) is 27.8 Å². The molecule has 0 radical (unpaired) electrons. The van der Waals surface area contributed by atoms with Gasteiger partial charge in [-0.25, -0.2) is 4.79 Å². The van der Waals surface area contributed by atoms with Crippen LogP contribution in [-0.2, 0) is 18.4 Å². The third-order valence-corrected chi connectivity index (χ3v) is 5.93. The van der Waals surface area contributed by atoms with Crippen molar-refractivity contribution in [2.45, 2.75) is 13.5 Å². The van der Waals surface area contributed by atoms with Crippen molar-refractivity contribution >= 4 is 46.2 Å². The van der Waals surface area contributed by atoms with Crippen LogP contribution in [0.5, 0.6) is 0 Å². The number of H-pyrrole nitrogens is 1. The summed E-state index contributed by atoms with van der Waals surface area (Å²) in [6, 6.07) is 5.17. The van der Waals surface area contributed by atoms with Crippen LogP contribution in [0.2, 0.25) is 10.0 Å². The first-order valence-corrected chi connectivity index (χ1v) is 10.2. The van der Waals surface area contributed by atoms with Crippen LogP contribution in [-0.4, -0.2) is 56.1 Å². The molecular formula is C19H20Cl2N6O3. The molecule has 0 bridgehead atoms. The lowest BCUT2D eigenvalue weighted by Gasteiger charge is -2.35. The molecule has 0 saturated carbocycles. The van der Waals surface area contributed by atoms with E-state index in [4.69, 9.17) is 23.2 Å². The van der Waals surface area contributed by atoms with E-state index in [1.54, 1.807) is 41.6 Å². The quantitative estimate of drug-likeness (QED) is 0.651. The molecule has 1 aliphatic heterocycles. The van der Waals surface area contributed by atoms with Gasteiger partial charge in [0.2, 0.25) is 11.9 Å². The smallest absolute Gasteiger partial charge is 0.329 e. The Morgan fingerprint density at radius 3 is 2.50 bits per heavy atom. The topological polar surface area (TPSA) is 96.2 Å². The number of nitrogens with zero attached hydrogens (tertiary/aromatic N) is 5. The standard InChI is InChI=1S/C19H20Cl2N6O3/c1-11(28)25-5-7-26(8-6-25)18-22-16-15(17(29)23-19(30)24(16)2)27(18)10-12-3-4-13(20)9-14(12)21/h3-4,9H,5-8,10H2,1-2H3,(H,23,29,30). The van der Waals surface area contributed by atoms with Gasteiger partial charge in [-0.05, 0) is 17.7 Å². The van der Waals surface area contributed by atoms with Crippen LogP contribution in [0.25, 0.3) is 11.2 Å². The Labute approximate surface area is 181 Å². The molecule has 0 spiro atoms. The summed E-state index contributed by atoms with van der Waals surface area (Å²) in [5, 5.41) is 0.984. The van der Waals surface area contributed by atoms with Crippen molar-refractivity contribution < 1.29 is 4.79 Å². The van der Waals surface area contributed by atoms with Crippen molar-refractivity contribution in [1.82, 2.24) is 24.0 Å². The predicted octanol–water partition coefficient (Wildman–Crippen LogP) is 1.45. The normalized spacial score (nSPS) is 14.5. The fourth-order valence-electron chi connectivity index (χ4n) is 3.66. The van der Waals surface area contributed by atoms with Gasteiger partial charge in [-0.1, -0.05) is 29.3 Å². The Morgan fingerprint density at radius 1 is 1.17 bits per heavy atom. The van der Waals surface area contributed by atoms with Gasteiger partial charge in [-0.15, -0.1) is 0 Å². The first-order valence-electron chi connectivity index (χ1n) is 9.40. The van der Waals surface area contributed by atoms with Gasteiger partial charge in [-0.2, -0.15) is 4.98 Å². The number of benzene rings is 1. The summed E-state index contributed by atoms with van der Waals surface area (Å²) >= 11 is 12.4. The van der Waals surface area contributed by atoms with Crippen molar-refractivity contribution in [2.24, 2.45) is 7.05 Å². The average molecular weight is 451 g/mol. The molecule has 9 nitrogen and oxygen atoms in total. The largest absolute Gasteiger partial charge is 0.339 e. The molecule has 0 atom stereocenters. The van der Waals surface area contributed by atoms with E-state index in [-0.39, 0.29) is 23.6 Å². The fraction of sp³-hybridized carbons (Fsp3) is 0.368. The number of hydrogen-bond donors (Lipinski definition) is 1. The first kappa shape index (κ1) is 20.5. The second-order valence-corrected chi connectivity index (χ2v) is 8.06. The Balaban J connectivity index is 1.85. The van der Waals surface area contributed by atoms with Gasteiger partial charge < -0.3 is 9.80 Å². The number of aromatic amines is 1. The molecule has 1 aromatic carbocycles. The summed E-state index contributed by atoms with van der Waals surface area (Å²) in [6.45, 7) is 4.04. The highest BCUT2D eigenvalue weighted by atomic mass is 35.5. The van der Waals surface area contributed by atoms with E-state index in [0.29, 0.717) is 42.2 Å². The fourth-order valence-corrected chi connectivity index (χ4v) is 4.12. The summed E-state index contributed by atoms with van der Waals surface area (Å²) in [7, 11) is 1.56. The summed E-state index contributed by atoms with van der Waals surface area (Å²) < 4.78 is 3.07. The number of piperazine rings is 1. The Bertz CT molecular complexity index is 1250. The first-order chi connectivity index (χ1) is 14.3. The zero-order chi connectivity index (χ0) is 21.6. The minimum atomic E-state index is -0.533. The maximum atomic E-state index is 12.7. The number of aryl methyl sites for hydroxylation is 1. The Hall–Kier alpha value is -2.78. The van der Waals surface area contributed by atoms with Gasteiger partial charge >= 0.3 is 5.69 Å². The van der Waals surface area contributed by atoms with E-state index in [2.05, 4.69) is 9.97 Å². The highest BCUT2D eigenvalue weighted by Crippen LogP contribution is 2.26. The van der Waals surface area contributed by atoms with Crippen molar-refractivity contribution in [3.63, 3.8) is 0 Å². The molecule has 0 aliphatic carbocycles. The zero-order valence-corrected chi connectivity index (χ0v) is 18.0. The number of fused-ring (bicyclic) bond motifs is 1. The highest BCUT2D eigenvalue weighted by molar-refractivity contribution is 6.35. The molecule has 30 heavy (non-hydrogen) atoms. The molecule has 1 amide bonds. The Kier molecular flexibility index (Phi) is 5.33. The molecular weight excluding hydrogens is 431 g/mol. The van der Waals surface area contributed by atoms with Crippen LogP contribution in [0, 0.1) is 0 Å². The monoisotopic (exact) mass is 450 g/mol. The number of carbonyl (C=O) groups excluding carboxylic acids is 1. The van der Waals surface area contributed by atoms with E-state index in [9.17, 15) is 14.4 Å². The summed E-state index contributed by atoms with van der Waals surface area (Å²) in [6.07, 6.45) is 0. The molecule has 2 aromatic heterocycles. The Morgan fingerprint density at radius 2 is 1.87 bits per heavy atom. The molecule has 4 rings (SSSR count). The third kappa shape index (κ3) is 3.59. The SMILES string of the molecule is CC(=O)N1CCN(c2nc3c(c(=O)[nH]c(=O)n3C)n2Cc2ccc(Cl)cc2Cl)CC1. The number of aromatic nitrogens is 4. The van der Waals surface area contributed by atoms with Gasteiger partial charge in [0.1, 0.15) is 0 Å². The van der Waals surface area contributed by atoms with Gasteiger partial charge in [0.15, 0.2) is 11.2 Å². The summed E-state index contributed by atoms with van der Waals surface area (Å²) in [5.41, 5.74) is 0.288. The molecule has 11 heteroatoms. The van der Waals surface area contributed by atoms with Crippen molar-refractivity contribution in [3.8, 4) is 0 Å². The summed E-state index contributed by atoms with van der Waals surface area (Å²) in [5.74, 6) is 0.570. The second-order valence-electron chi connectivity index (χ2n) is 7.22. The number of nitrogens with one attached hydrogen (secondary N) is 1. The van der Waals surface area contributed by atoms with Gasteiger partial charge in [0.05, 0.1) is 6.54 Å². The molecule has 1 N–H and O–H groups in total. The predicted molar refractivity (Wildman–Crippen MR) is 116 cm³/mol. The number of amides is 1. The maximum Gasteiger partial charge on any atom is 0.329 e. The minimum Gasteiger partial charge on any atom is -0.339 e. The van der Waals surface area contributed by atoms with Crippen LogP contribution < -0.4 is 16.1 Å². The van der Waals surface area contributed by atoms with Crippen LogP contribution >= 0.6 is 23.2 Å². The lowest BCUT2D eigenvalue weighted by Crippen LogP contribution is -2.48. The van der Waals surface area contributed by atoms with E-state index >= 15 is 0 Å². The number of imidazole rings is 1. The lowest BCUT2D eigenvalue weighted by molar-refractivity contribution is -0.129. The molecule has 3 heterocycles. The number of anilines is 1. The van der Waals surface area contributed by atoms with Crippen molar-refractivity contribution in [3.05, 3.63) is 54.6 Å². The van der Waals surface area contributed by atoms with E-state index in [1.165, 1.54) is 4.57 Å². The second kappa shape index (κ2) is 7.81. The molecule has 1 saturated heterocycles. The average Bonchev–Trinajstić information content (AvgIpc) is 3.08. The number of carbonyl (C=O) groups is 1. The van der Waals surface area contributed by atoms with Crippen LogP contribution in [0.3, 0.4) is 0 Å². The molecule has 1 fully saturated rings. The maximum absolute atomic E-state index is 12.7. The number of halogens is 2. The van der Waals surface area contributed by atoms with Gasteiger partial charge in [0.25, 0.3) is 5.56 Å². The van der Waals surface area contributed by atoms with Gasteiger partial charge in [-0.3, -0.25) is 23.7 Å². The highest BCUT2D eigenvalue weighted by Gasteiger charge is 2.26. The minimum absolute atomic E-state index is 0.0231. The zero-order valence-electron chi connectivity index (χ0n) is 16.5. The molecule has 158 valence electrons. The van der Waals surface area contributed by atoms with E-state index in [1.807, 2.05) is 4.90 Å². The van der Waals surface area contributed by atoms with Crippen LogP contribution in [0.1, 0.15) is 12.5 Å². The van der Waals surface area contributed by atoms with Crippen molar-refractivity contribution in [2.75, 3.05) is 31.1 Å². The molecule has 1 aliphatic rings. The number of rotatable bonds is 3.